The van der Waals surface area contributed by atoms with Crippen LogP contribution in [0.1, 0.15) is 25.5 Å². The van der Waals surface area contributed by atoms with E-state index in [0.717, 1.165) is 12.8 Å². The highest BCUT2D eigenvalue weighted by Gasteiger charge is 2.16. The number of hydrogen-bond acceptors (Lipinski definition) is 3. The van der Waals surface area contributed by atoms with Gasteiger partial charge in [0.2, 0.25) is 0 Å². The van der Waals surface area contributed by atoms with Crippen molar-refractivity contribution in [2.45, 2.75) is 26.3 Å². The minimum Gasteiger partial charge on any atom is -0.491 e. The van der Waals surface area contributed by atoms with Crippen molar-refractivity contribution in [1.82, 2.24) is 4.57 Å². The minimum absolute atomic E-state index is 0. The first-order chi connectivity index (χ1) is 10.0. The van der Waals surface area contributed by atoms with Crippen molar-refractivity contribution in [3.8, 4) is 5.75 Å². The summed E-state index contributed by atoms with van der Waals surface area (Å²) in [5.41, 5.74) is 6.28. The lowest BCUT2D eigenvalue weighted by atomic mass is 10.1. The number of nitrogens with two attached hydrogens (primary N) is 1. The normalized spacial score (nSPS) is 10.6. The van der Waals surface area contributed by atoms with Crippen molar-refractivity contribution in [1.29, 1.82) is 0 Å². The molecule has 0 saturated heterocycles. The lowest BCUT2D eigenvalue weighted by Crippen LogP contribution is -2.24. The molecule has 0 amide bonds. The Morgan fingerprint density at radius 1 is 1.23 bits per heavy atom. The first-order valence-electron chi connectivity index (χ1n) is 6.84. The maximum Gasteiger partial charge on any atom is 0.258 e. The summed E-state index contributed by atoms with van der Waals surface area (Å²) in [5, 5.41) is 1.88. The molecule has 4 nitrogen and oxygen atoms in total. The van der Waals surface area contributed by atoms with Gasteiger partial charge >= 0.3 is 0 Å². The Labute approximate surface area is 145 Å². The second-order valence-electron chi connectivity index (χ2n) is 4.86. The molecule has 0 aliphatic rings. The summed E-state index contributed by atoms with van der Waals surface area (Å²) in [4.78, 5) is 12.4. The van der Waals surface area contributed by atoms with Crippen LogP contribution in [-0.2, 0) is 13.6 Å². The Balaban J connectivity index is 0.00000242. The molecule has 0 atom stereocenters. The molecule has 2 rings (SSSR count). The van der Waals surface area contributed by atoms with Gasteiger partial charge in [-0.2, -0.15) is 0 Å². The van der Waals surface area contributed by atoms with Crippen LogP contribution in [-0.4, -0.2) is 11.2 Å². The van der Waals surface area contributed by atoms with Gasteiger partial charge in [-0.1, -0.05) is 36.5 Å². The second-order valence-corrected chi connectivity index (χ2v) is 5.67. The zero-order valence-electron chi connectivity index (χ0n) is 12.5. The van der Waals surface area contributed by atoms with Crippen LogP contribution in [0.5, 0.6) is 5.75 Å². The van der Waals surface area contributed by atoms with Crippen LogP contribution in [0.25, 0.3) is 10.8 Å². The number of fused-ring (bicyclic) bond motifs is 1. The van der Waals surface area contributed by atoms with Gasteiger partial charge in [-0.15, -0.1) is 12.4 Å². The number of hydrogen-bond donors (Lipinski definition) is 1. The summed E-state index contributed by atoms with van der Waals surface area (Å²) in [6.45, 7) is 2.86. The molecule has 1 aromatic heterocycles. The molecule has 0 radical (unpaired) electrons. The predicted molar refractivity (Wildman–Crippen MR) is 94.8 cm³/mol. The van der Waals surface area contributed by atoms with E-state index in [1.807, 2.05) is 0 Å². The number of aromatic nitrogens is 1. The van der Waals surface area contributed by atoms with Gasteiger partial charge in [-0.05, 0) is 18.6 Å². The molecule has 0 unspecified atom stereocenters. The highest BCUT2D eigenvalue weighted by molar-refractivity contribution is 6.42. The van der Waals surface area contributed by atoms with Crippen molar-refractivity contribution in [3.05, 3.63) is 38.2 Å². The van der Waals surface area contributed by atoms with Crippen LogP contribution >= 0.6 is 35.6 Å². The SMILES string of the molecule is CCCCOc1c(CN)n(C)c(=O)c2cc(Cl)c(Cl)cc12.Cl. The van der Waals surface area contributed by atoms with Gasteiger partial charge in [0.1, 0.15) is 5.75 Å². The minimum atomic E-state index is -0.160. The summed E-state index contributed by atoms with van der Waals surface area (Å²) in [7, 11) is 1.68. The molecule has 22 heavy (non-hydrogen) atoms. The van der Waals surface area contributed by atoms with Gasteiger partial charge in [0.25, 0.3) is 5.56 Å². The molecule has 1 aromatic carbocycles. The molecular formula is C15H19Cl3N2O2. The third-order valence-electron chi connectivity index (χ3n) is 3.44. The standard InChI is InChI=1S/C15H18Cl2N2O2.ClH/c1-3-4-5-21-14-9-6-11(16)12(17)7-10(9)15(20)19(2)13(14)8-18;/h6-7H,3-5,8,18H2,1-2H3;1H. The fourth-order valence-electron chi connectivity index (χ4n) is 2.23. The van der Waals surface area contributed by atoms with E-state index in [4.69, 9.17) is 33.7 Å². The fourth-order valence-corrected chi connectivity index (χ4v) is 2.56. The molecule has 0 bridgehead atoms. The van der Waals surface area contributed by atoms with Gasteiger partial charge in [0.05, 0.1) is 27.7 Å². The molecule has 0 saturated carbocycles. The summed E-state index contributed by atoms with van der Waals surface area (Å²) >= 11 is 12.1. The van der Waals surface area contributed by atoms with Crippen molar-refractivity contribution in [2.24, 2.45) is 12.8 Å². The lowest BCUT2D eigenvalue weighted by molar-refractivity contribution is 0.306. The molecule has 1 heterocycles. The topological polar surface area (TPSA) is 57.2 Å². The van der Waals surface area contributed by atoms with E-state index < -0.39 is 0 Å². The number of benzene rings is 1. The molecule has 0 aliphatic heterocycles. The van der Waals surface area contributed by atoms with E-state index in [2.05, 4.69) is 6.92 Å². The highest BCUT2D eigenvalue weighted by Crippen LogP contribution is 2.33. The Bertz CT molecular complexity index is 729. The fraction of sp³-hybridized carbons (Fsp3) is 0.400. The second kappa shape index (κ2) is 8.06. The zero-order valence-corrected chi connectivity index (χ0v) is 14.8. The summed E-state index contributed by atoms with van der Waals surface area (Å²) < 4.78 is 7.38. The van der Waals surface area contributed by atoms with Gasteiger partial charge < -0.3 is 15.0 Å². The zero-order chi connectivity index (χ0) is 15.6. The quantitative estimate of drug-likeness (QED) is 0.817. The predicted octanol–water partition coefficient (Wildman–Crippen LogP) is 3.90. The molecule has 0 aliphatic carbocycles. The Morgan fingerprint density at radius 2 is 1.82 bits per heavy atom. The smallest absolute Gasteiger partial charge is 0.258 e. The first-order valence-corrected chi connectivity index (χ1v) is 7.60. The Morgan fingerprint density at radius 3 is 2.36 bits per heavy atom. The van der Waals surface area contributed by atoms with E-state index in [1.165, 1.54) is 4.57 Å². The van der Waals surface area contributed by atoms with Crippen LogP contribution < -0.4 is 16.0 Å². The van der Waals surface area contributed by atoms with E-state index in [9.17, 15) is 4.79 Å². The Hall–Kier alpha value is -0.940. The van der Waals surface area contributed by atoms with Gasteiger partial charge in [0, 0.05) is 19.0 Å². The van der Waals surface area contributed by atoms with Crippen molar-refractivity contribution in [3.63, 3.8) is 0 Å². The number of rotatable bonds is 5. The Kier molecular flexibility index (Phi) is 7.00. The average Bonchev–Trinajstić information content (AvgIpc) is 2.47. The number of ether oxygens (including phenoxy) is 1. The number of unbranched alkanes of at least 4 members (excludes halogenated alkanes) is 1. The van der Waals surface area contributed by atoms with E-state index >= 15 is 0 Å². The third-order valence-corrected chi connectivity index (χ3v) is 4.17. The third kappa shape index (κ3) is 3.51. The van der Waals surface area contributed by atoms with E-state index in [-0.39, 0.29) is 24.5 Å². The van der Waals surface area contributed by atoms with Gasteiger partial charge in [0.15, 0.2) is 0 Å². The highest BCUT2D eigenvalue weighted by atomic mass is 35.5. The molecule has 0 fully saturated rings. The number of pyridine rings is 1. The van der Waals surface area contributed by atoms with Gasteiger partial charge in [-0.3, -0.25) is 4.79 Å². The van der Waals surface area contributed by atoms with E-state index in [0.29, 0.717) is 38.9 Å². The van der Waals surface area contributed by atoms with Crippen molar-refractivity contribution < 1.29 is 4.74 Å². The summed E-state index contributed by atoms with van der Waals surface area (Å²) in [6.07, 6.45) is 1.95. The van der Waals surface area contributed by atoms with E-state index in [1.54, 1.807) is 19.2 Å². The summed E-state index contributed by atoms with van der Waals surface area (Å²) in [6, 6.07) is 3.25. The monoisotopic (exact) mass is 364 g/mol. The maximum absolute atomic E-state index is 12.4. The molecule has 0 spiro atoms. The van der Waals surface area contributed by atoms with Gasteiger partial charge in [-0.25, -0.2) is 0 Å². The van der Waals surface area contributed by atoms with Crippen LogP contribution in [0.15, 0.2) is 16.9 Å². The van der Waals surface area contributed by atoms with Crippen LogP contribution in [0, 0.1) is 0 Å². The molecular weight excluding hydrogens is 347 g/mol. The first kappa shape index (κ1) is 19.1. The average molecular weight is 366 g/mol. The van der Waals surface area contributed by atoms with Crippen LogP contribution in [0.3, 0.4) is 0 Å². The largest absolute Gasteiger partial charge is 0.491 e. The molecule has 122 valence electrons. The number of halogens is 3. The van der Waals surface area contributed by atoms with Crippen LogP contribution in [0.2, 0.25) is 10.0 Å². The molecule has 2 aromatic rings. The van der Waals surface area contributed by atoms with Crippen LogP contribution in [0.4, 0.5) is 0 Å². The maximum atomic E-state index is 12.4. The lowest BCUT2D eigenvalue weighted by Gasteiger charge is -2.17. The van der Waals surface area contributed by atoms with Crippen molar-refractivity contribution in [2.75, 3.05) is 6.61 Å². The van der Waals surface area contributed by atoms with Crippen molar-refractivity contribution >= 4 is 46.4 Å². The number of nitrogens with zero attached hydrogens (tertiary/aromatic N) is 1. The molecule has 7 heteroatoms. The molecule has 2 N–H and O–H groups in total. The summed E-state index contributed by atoms with van der Waals surface area (Å²) in [5.74, 6) is 0.613.